The van der Waals surface area contributed by atoms with Crippen molar-refractivity contribution in [3.8, 4) is 5.75 Å². The molecule has 5 nitrogen and oxygen atoms in total. The predicted molar refractivity (Wildman–Crippen MR) is 157 cm³/mol. The summed E-state index contributed by atoms with van der Waals surface area (Å²) < 4.78 is 6.00. The number of aryl methyl sites for hydroxylation is 1. The maximum absolute atomic E-state index is 13.9. The number of nitrogens with zero attached hydrogens (tertiary/aromatic N) is 1. The molecule has 3 aromatic rings. The Morgan fingerprint density at radius 2 is 1.67 bits per heavy atom. The summed E-state index contributed by atoms with van der Waals surface area (Å²) in [7, 11) is 0. The molecule has 1 atom stereocenters. The molecule has 1 fully saturated rings. The van der Waals surface area contributed by atoms with Gasteiger partial charge >= 0.3 is 0 Å². The van der Waals surface area contributed by atoms with Gasteiger partial charge in [-0.3, -0.25) is 9.59 Å². The van der Waals surface area contributed by atoms with E-state index in [1.54, 1.807) is 17.0 Å². The molecule has 1 unspecified atom stereocenters. The molecule has 2 amide bonds. The second-order valence-corrected chi connectivity index (χ2v) is 11.1. The van der Waals surface area contributed by atoms with Crippen molar-refractivity contribution in [1.29, 1.82) is 0 Å². The third kappa shape index (κ3) is 8.00. The first-order valence-electron chi connectivity index (χ1n) is 13.6. The fourth-order valence-corrected chi connectivity index (χ4v) is 5.36. The van der Waals surface area contributed by atoms with Gasteiger partial charge < -0.3 is 15.0 Å². The van der Waals surface area contributed by atoms with Crippen molar-refractivity contribution >= 4 is 35.0 Å². The summed E-state index contributed by atoms with van der Waals surface area (Å²) in [6.07, 6.45) is 5.70. The van der Waals surface area contributed by atoms with Gasteiger partial charge in [-0.05, 0) is 67.1 Å². The van der Waals surface area contributed by atoms with Gasteiger partial charge in [0.25, 0.3) is 5.91 Å². The lowest BCUT2D eigenvalue weighted by Gasteiger charge is -2.33. The molecule has 4 rings (SSSR count). The molecule has 0 spiro atoms. The normalized spacial score (nSPS) is 14.5. The summed E-state index contributed by atoms with van der Waals surface area (Å²) in [6.45, 7) is 3.99. The summed E-state index contributed by atoms with van der Waals surface area (Å²) >= 11 is 12.5. The molecule has 0 saturated heterocycles. The number of carbonyl (C=O) groups is 2. The van der Waals surface area contributed by atoms with Crippen LogP contribution in [0.25, 0.3) is 0 Å². The Bertz CT molecular complexity index is 1280. The highest BCUT2D eigenvalue weighted by Gasteiger charge is 2.32. The molecule has 1 aliphatic carbocycles. The molecule has 1 saturated carbocycles. The van der Waals surface area contributed by atoms with E-state index < -0.39 is 6.04 Å². The molecule has 1 aliphatic rings. The smallest absolute Gasteiger partial charge is 0.261 e. The highest BCUT2D eigenvalue weighted by molar-refractivity contribution is 6.42. The van der Waals surface area contributed by atoms with E-state index in [-0.39, 0.29) is 31.0 Å². The molecular formula is C32H36Cl2N2O3. The average molecular weight is 568 g/mol. The van der Waals surface area contributed by atoms with Crippen molar-refractivity contribution in [2.24, 2.45) is 0 Å². The molecule has 0 aliphatic heterocycles. The third-order valence-corrected chi connectivity index (χ3v) is 8.20. The van der Waals surface area contributed by atoms with Crippen LogP contribution in [-0.4, -0.2) is 35.4 Å². The number of ether oxygens (including phenoxy) is 1. The third-order valence-electron chi connectivity index (χ3n) is 7.47. The molecule has 1 N–H and O–H groups in total. The minimum absolute atomic E-state index is 0.123. The van der Waals surface area contributed by atoms with Gasteiger partial charge in [0.15, 0.2) is 6.61 Å². The van der Waals surface area contributed by atoms with Gasteiger partial charge in [-0.1, -0.05) is 91.0 Å². The molecule has 39 heavy (non-hydrogen) atoms. The number of nitrogens with one attached hydrogen (secondary N) is 1. The molecule has 0 aromatic heterocycles. The highest BCUT2D eigenvalue weighted by Crippen LogP contribution is 2.26. The molecule has 0 heterocycles. The van der Waals surface area contributed by atoms with Crippen LogP contribution in [0.4, 0.5) is 0 Å². The topological polar surface area (TPSA) is 58.6 Å². The quantitative estimate of drug-likeness (QED) is 0.285. The number of rotatable bonds is 10. The van der Waals surface area contributed by atoms with E-state index in [4.69, 9.17) is 27.9 Å². The molecule has 0 bridgehead atoms. The van der Waals surface area contributed by atoms with Gasteiger partial charge in [0, 0.05) is 19.0 Å². The Morgan fingerprint density at radius 1 is 0.923 bits per heavy atom. The van der Waals surface area contributed by atoms with Crippen molar-refractivity contribution in [2.45, 2.75) is 71.0 Å². The van der Waals surface area contributed by atoms with E-state index in [1.165, 1.54) is 6.42 Å². The van der Waals surface area contributed by atoms with Gasteiger partial charge in [-0.25, -0.2) is 0 Å². The zero-order valence-corrected chi connectivity index (χ0v) is 24.1. The molecule has 0 radical (unpaired) electrons. The molecular weight excluding hydrogens is 531 g/mol. The first-order chi connectivity index (χ1) is 18.8. The fourth-order valence-electron chi connectivity index (χ4n) is 5.04. The lowest BCUT2D eigenvalue weighted by atomic mass is 9.94. The number of carbonyl (C=O) groups excluding carboxylic acids is 2. The predicted octanol–water partition coefficient (Wildman–Crippen LogP) is 7.08. The van der Waals surface area contributed by atoms with E-state index in [9.17, 15) is 9.59 Å². The Kier molecular flexibility index (Phi) is 10.3. The van der Waals surface area contributed by atoms with Crippen molar-refractivity contribution in [2.75, 3.05) is 6.61 Å². The van der Waals surface area contributed by atoms with Crippen molar-refractivity contribution < 1.29 is 14.3 Å². The van der Waals surface area contributed by atoms with Crippen LogP contribution in [0.3, 0.4) is 0 Å². The van der Waals surface area contributed by atoms with Crippen LogP contribution in [0.15, 0.2) is 66.7 Å². The fraction of sp³-hybridized carbons (Fsp3) is 0.375. The summed E-state index contributed by atoms with van der Waals surface area (Å²) in [6, 6.07) is 20.3. The maximum Gasteiger partial charge on any atom is 0.261 e. The number of halogens is 2. The standard InChI is InChI=1S/C32H36Cl2N2O3/c1-22-10-9-15-30(23(22)2)39-21-31(37)36(20-25-16-17-27(33)28(34)18-25)29(19-24-11-5-3-6-12-24)32(38)35-26-13-7-4-8-14-26/h3,5-6,9-12,15-18,26,29H,4,7-8,13-14,19-21H2,1-2H3,(H,35,38). The maximum atomic E-state index is 13.9. The highest BCUT2D eigenvalue weighted by atomic mass is 35.5. The van der Waals surface area contributed by atoms with Crippen LogP contribution in [0.5, 0.6) is 5.75 Å². The molecule has 3 aromatic carbocycles. The minimum Gasteiger partial charge on any atom is -0.483 e. The SMILES string of the molecule is Cc1cccc(OCC(=O)N(Cc2ccc(Cl)c(Cl)c2)C(Cc2ccccc2)C(=O)NC2CCCCC2)c1C. The second kappa shape index (κ2) is 13.9. The lowest BCUT2D eigenvalue weighted by Crippen LogP contribution is -2.53. The number of hydrogen-bond donors (Lipinski definition) is 1. The lowest BCUT2D eigenvalue weighted by molar-refractivity contribution is -0.143. The van der Waals surface area contributed by atoms with Crippen molar-refractivity contribution in [3.63, 3.8) is 0 Å². The summed E-state index contributed by atoms with van der Waals surface area (Å²) in [4.78, 5) is 29.3. The summed E-state index contributed by atoms with van der Waals surface area (Å²) in [5.41, 5.74) is 3.83. The van der Waals surface area contributed by atoms with Crippen LogP contribution in [0, 0.1) is 13.8 Å². The Labute approximate surface area is 241 Å². The van der Waals surface area contributed by atoms with Crippen LogP contribution in [0.1, 0.15) is 54.4 Å². The zero-order chi connectivity index (χ0) is 27.8. The first kappa shape index (κ1) is 29.0. The largest absolute Gasteiger partial charge is 0.483 e. The van der Waals surface area contributed by atoms with Gasteiger partial charge in [0.2, 0.25) is 5.91 Å². The first-order valence-corrected chi connectivity index (χ1v) is 14.3. The van der Waals surface area contributed by atoms with E-state index in [0.717, 1.165) is 47.9 Å². The molecule has 7 heteroatoms. The van der Waals surface area contributed by atoms with Crippen LogP contribution in [-0.2, 0) is 22.6 Å². The number of hydrogen-bond acceptors (Lipinski definition) is 3. The van der Waals surface area contributed by atoms with Gasteiger partial charge in [0.1, 0.15) is 11.8 Å². The van der Waals surface area contributed by atoms with E-state index >= 15 is 0 Å². The van der Waals surface area contributed by atoms with Crippen molar-refractivity contribution in [3.05, 3.63) is 99.0 Å². The summed E-state index contributed by atoms with van der Waals surface area (Å²) in [5, 5.41) is 4.09. The van der Waals surface area contributed by atoms with Gasteiger partial charge in [0.05, 0.1) is 10.0 Å². The molecule has 206 valence electrons. The summed E-state index contributed by atoms with van der Waals surface area (Å²) in [5.74, 6) is 0.233. The van der Waals surface area contributed by atoms with Gasteiger partial charge in [-0.2, -0.15) is 0 Å². The van der Waals surface area contributed by atoms with Gasteiger partial charge in [-0.15, -0.1) is 0 Å². The van der Waals surface area contributed by atoms with E-state index in [2.05, 4.69) is 5.32 Å². The zero-order valence-electron chi connectivity index (χ0n) is 22.6. The van der Waals surface area contributed by atoms with Crippen LogP contribution >= 0.6 is 23.2 Å². The monoisotopic (exact) mass is 566 g/mol. The van der Waals surface area contributed by atoms with E-state index in [0.29, 0.717) is 22.2 Å². The Balaban J connectivity index is 1.64. The van der Waals surface area contributed by atoms with E-state index in [1.807, 2.05) is 68.4 Å². The average Bonchev–Trinajstić information content (AvgIpc) is 2.94. The van der Waals surface area contributed by atoms with Crippen molar-refractivity contribution in [1.82, 2.24) is 10.2 Å². The minimum atomic E-state index is -0.724. The number of amides is 2. The van der Waals surface area contributed by atoms with Crippen LogP contribution in [0.2, 0.25) is 10.0 Å². The Hall–Kier alpha value is -3.02. The second-order valence-electron chi connectivity index (χ2n) is 10.3. The Morgan fingerprint density at radius 3 is 2.38 bits per heavy atom. The van der Waals surface area contributed by atoms with Crippen LogP contribution < -0.4 is 10.1 Å². The number of benzene rings is 3.